The van der Waals surface area contributed by atoms with E-state index in [4.69, 9.17) is 4.42 Å². The lowest BCUT2D eigenvalue weighted by molar-refractivity contribution is -0.127. The fraction of sp³-hybridized carbons (Fsp3) is 0.588. The van der Waals surface area contributed by atoms with Gasteiger partial charge in [0.2, 0.25) is 11.8 Å². The van der Waals surface area contributed by atoms with Gasteiger partial charge in [0.1, 0.15) is 5.76 Å². The van der Waals surface area contributed by atoms with Gasteiger partial charge in [-0.1, -0.05) is 20.8 Å². The number of aryl methyl sites for hydroxylation is 1. The first-order chi connectivity index (χ1) is 11.3. The molecule has 1 aliphatic heterocycles. The predicted molar refractivity (Wildman–Crippen MR) is 89.2 cm³/mol. The maximum absolute atomic E-state index is 12.2. The van der Waals surface area contributed by atoms with Gasteiger partial charge in [-0.15, -0.1) is 0 Å². The number of amides is 1. The Morgan fingerprint density at radius 2 is 2.12 bits per heavy atom. The lowest BCUT2D eigenvalue weighted by Crippen LogP contribution is -2.36. The molecule has 3 heterocycles. The van der Waals surface area contributed by atoms with E-state index in [0.717, 1.165) is 11.5 Å². The first kappa shape index (κ1) is 16.7. The minimum Gasteiger partial charge on any atom is -0.444 e. The fourth-order valence-electron chi connectivity index (χ4n) is 3.09. The Bertz CT molecular complexity index is 727. The summed E-state index contributed by atoms with van der Waals surface area (Å²) in [6.07, 6.45) is 3.99. The van der Waals surface area contributed by atoms with E-state index < -0.39 is 0 Å². The summed E-state index contributed by atoms with van der Waals surface area (Å²) in [6.45, 7) is 6.77. The van der Waals surface area contributed by atoms with Gasteiger partial charge in [-0.2, -0.15) is 5.10 Å². The zero-order valence-corrected chi connectivity index (χ0v) is 14.9. The lowest BCUT2D eigenvalue weighted by atomic mass is 9.94. The summed E-state index contributed by atoms with van der Waals surface area (Å²) >= 11 is 0. The highest BCUT2D eigenvalue weighted by atomic mass is 16.4. The molecule has 3 rings (SSSR count). The van der Waals surface area contributed by atoms with Crippen molar-refractivity contribution in [3.63, 3.8) is 0 Å². The quantitative estimate of drug-likeness (QED) is 0.924. The van der Waals surface area contributed by atoms with Crippen molar-refractivity contribution >= 4 is 5.91 Å². The number of aromatic nitrogens is 3. The number of rotatable bonds is 4. The molecule has 0 spiro atoms. The van der Waals surface area contributed by atoms with Crippen LogP contribution in [0.2, 0.25) is 0 Å². The van der Waals surface area contributed by atoms with Gasteiger partial charge in [0.05, 0.1) is 24.5 Å². The van der Waals surface area contributed by atoms with E-state index in [2.05, 4.69) is 36.2 Å². The Labute approximate surface area is 142 Å². The van der Waals surface area contributed by atoms with Gasteiger partial charge < -0.3 is 14.6 Å². The maximum atomic E-state index is 12.2. The highest BCUT2D eigenvalue weighted by Crippen LogP contribution is 2.31. The van der Waals surface area contributed by atoms with Gasteiger partial charge in [-0.05, 0) is 6.07 Å². The molecular weight excluding hydrogens is 306 g/mol. The van der Waals surface area contributed by atoms with E-state index in [1.807, 2.05) is 24.8 Å². The lowest BCUT2D eigenvalue weighted by Gasteiger charge is -2.25. The number of oxazole rings is 1. The van der Waals surface area contributed by atoms with Gasteiger partial charge in [-0.3, -0.25) is 9.48 Å². The molecule has 130 valence electrons. The molecule has 24 heavy (non-hydrogen) atoms. The number of carbonyl (C=O) groups excluding carboxylic acids is 1. The van der Waals surface area contributed by atoms with E-state index in [0.29, 0.717) is 18.9 Å². The highest BCUT2D eigenvalue weighted by Gasteiger charge is 2.39. The van der Waals surface area contributed by atoms with Crippen LogP contribution in [0.15, 0.2) is 22.9 Å². The van der Waals surface area contributed by atoms with E-state index in [1.54, 1.807) is 17.3 Å². The Hall–Kier alpha value is -2.15. The van der Waals surface area contributed by atoms with Crippen molar-refractivity contribution in [3.8, 4) is 0 Å². The van der Waals surface area contributed by atoms with Gasteiger partial charge in [-0.25, -0.2) is 4.98 Å². The van der Waals surface area contributed by atoms with Crippen LogP contribution in [0.5, 0.6) is 0 Å². The summed E-state index contributed by atoms with van der Waals surface area (Å²) in [5, 5.41) is 7.65. The minimum atomic E-state index is -0.0635. The second-order valence-electron chi connectivity index (χ2n) is 7.39. The van der Waals surface area contributed by atoms with Crippen LogP contribution in [0.1, 0.15) is 50.6 Å². The molecule has 1 saturated heterocycles. The first-order valence-corrected chi connectivity index (χ1v) is 8.19. The van der Waals surface area contributed by atoms with Crippen molar-refractivity contribution in [1.82, 2.24) is 25.0 Å². The van der Waals surface area contributed by atoms with Crippen molar-refractivity contribution in [1.29, 1.82) is 0 Å². The highest BCUT2D eigenvalue weighted by molar-refractivity contribution is 5.80. The maximum Gasteiger partial charge on any atom is 0.224 e. The Morgan fingerprint density at radius 1 is 1.38 bits per heavy atom. The third-order valence-electron chi connectivity index (χ3n) is 4.56. The van der Waals surface area contributed by atoms with E-state index >= 15 is 0 Å². The molecule has 0 radical (unpaired) electrons. The summed E-state index contributed by atoms with van der Waals surface area (Å²) in [7, 11) is 3.73. The largest absolute Gasteiger partial charge is 0.444 e. The zero-order valence-electron chi connectivity index (χ0n) is 14.9. The van der Waals surface area contributed by atoms with Crippen molar-refractivity contribution in [2.45, 2.75) is 51.2 Å². The number of nitrogens with zero attached hydrogens (tertiary/aromatic N) is 4. The summed E-state index contributed by atoms with van der Waals surface area (Å²) in [6, 6.07) is 1.92. The molecule has 2 aromatic heterocycles. The predicted octanol–water partition coefficient (Wildman–Crippen LogP) is 1.77. The van der Waals surface area contributed by atoms with Crippen molar-refractivity contribution in [2.75, 3.05) is 7.05 Å². The second-order valence-corrected chi connectivity index (χ2v) is 7.39. The van der Waals surface area contributed by atoms with Gasteiger partial charge in [0, 0.05) is 38.2 Å². The topological polar surface area (TPSA) is 76.2 Å². The minimum absolute atomic E-state index is 0.00267. The SMILES string of the molecule is CN1C(=O)C[C@@H](NCc2ncc(C(C)(C)C)o2)[C@@H]1c1ccnn1C. The number of carbonyl (C=O) groups is 1. The van der Waals surface area contributed by atoms with Crippen LogP contribution in [0, 0.1) is 0 Å². The van der Waals surface area contributed by atoms with Crippen LogP contribution in [0.4, 0.5) is 0 Å². The van der Waals surface area contributed by atoms with Crippen LogP contribution in [0.25, 0.3) is 0 Å². The number of likely N-dealkylation sites (tertiary alicyclic amines) is 1. The molecular formula is C17H25N5O2. The third kappa shape index (κ3) is 3.08. The van der Waals surface area contributed by atoms with E-state index in [9.17, 15) is 4.79 Å². The van der Waals surface area contributed by atoms with E-state index in [1.165, 1.54) is 0 Å². The van der Waals surface area contributed by atoms with Crippen LogP contribution in [-0.4, -0.2) is 38.7 Å². The summed E-state index contributed by atoms with van der Waals surface area (Å²) in [5.41, 5.74) is 0.954. The standard InChI is InChI=1S/C17H25N5O2/c1-17(2,3)13-9-19-14(24-13)10-18-11-8-15(23)21(4)16(11)12-6-7-20-22(12)5/h6-7,9,11,16,18H,8,10H2,1-5H3/t11-,16-/m1/s1. The van der Waals surface area contributed by atoms with Crippen LogP contribution in [-0.2, 0) is 23.8 Å². The van der Waals surface area contributed by atoms with Crippen molar-refractivity contribution < 1.29 is 9.21 Å². The molecule has 1 N–H and O–H groups in total. The molecule has 0 aromatic carbocycles. The first-order valence-electron chi connectivity index (χ1n) is 8.19. The molecule has 0 saturated carbocycles. The Morgan fingerprint density at radius 3 is 2.71 bits per heavy atom. The van der Waals surface area contributed by atoms with Crippen LogP contribution < -0.4 is 5.32 Å². The number of hydrogen-bond donors (Lipinski definition) is 1. The number of nitrogens with one attached hydrogen (secondary N) is 1. The number of hydrogen-bond acceptors (Lipinski definition) is 5. The van der Waals surface area contributed by atoms with Gasteiger partial charge in [0.25, 0.3) is 0 Å². The molecule has 1 fully saturated rings. The Kier molecular flexibility index (Phi) is 4.21. The van der Waals surface area contributed by atoms with E-state index in [-0.39, 0.29) is 23.4 Å². The Balaban J connectivity index is 1.73. The van der Waals surface area contributed by atoms with Crippen molar-refractivity contribution in [2.24, 2.45) is 7.05 Å². The van der Waals surface area contributed by atoms with Gasteiger partial charge >= 0.3 is 0 Å². The summed E-state index contributed by atoms with van der Waals surface area (Å²) in [4.78, 5) is 18.3. The van der Waals surface area contributed by atoms with Crippen molar-refractivity contribution in [3.05, 3.63) is 35.8 Å². The molecule has 0 unspecified atom stereocenters. The normalized spacial score (nSPS) is 21.7. The summed E-state index contributed by atoms with van der Waals surface area (Å²) in [5.74, 6) is 1.63. The smallest absolute Gasteiger partial charge is 0.224 e. The molecule has 0 aliphatic carbocycles. The molecule has 0 bridgehead atoms. The zero-order chi connectivity index (χ0) is 17.5. The number of likely N-dealkylation sites (N-methyl/N-ethyl adjacent to an activating group) is 1. The molecule has 2 atom stereocenters. The average molecular weight is 331 g/mol. The third-order valence-corrected chi connectivity index (χ3v) is 4.56. The molecule has 7 heteroatoms. The molecule has 2 aromatic rings. The van der Waals surface area contributed by atoms with Crippen LogP contribution in [0.3, 0.4) is 0 Å². The van der Waals surface area contributed by atoms with Gasteiger partial charge in [0.15, 0.2) is 0 Å². The monoisotopic (exact) mass is 331 g/mol. The molecule has 1 amide bonds. The second kappa shape index (κ2) is 6.05. The average Bonchev–Trinajstić information content (AvgIpc) is 3.18. The molecule has 7 nitrogen and oxygen atoms in total. The fourth-order valence-corrected chi connectivity index (χ4v) is 3.09. The summed E-state index contributed by atoms with van der Waals surface area (Å²) < 4.78 is 7.64. The van der Waals surface area contributed by atoms with Crippen LogP contribution >= 0.6 is 0 Å². The molecule has 1 aliphatic rings.